The van der Waals surface area contributed by atoms with E-state index in [0.717, 1.165) is 24.5 Å². The second-order valence-electron chi connectivity index (χ2n) is 7.21. The Bertz CT molecular complexity index is 585. The molecule has 0 radical (unpaired) electrons. The van der Waals surface area contributed by atoms with Crippen molar-refractivity contribution in [2.45, 2.75) is 51.7 Å². The van der Waals surface area contributed by atoms with Crippen LogP contribution in [0.15, 0.2) is 34.1 Å². The maximum absolute atomic E-state index is 12.5. The largest absolute Gasteiger partial charge is 0.295 e. The number of hydrogen-bond donors (Lipinski definition) is 0. The van der Waals surface area contributed by atoms with Gasteiger partial charge in [-0.3, -0.25) is 9.59 Å². The molecular weight excluding hydrogens is 264 g/mol. The summed E-state index contributed by atoms with van der Waals surface area (Å²) in [5.41, 5.74) is 3.58. The smallest absolute Gasteiger partial charge is 0.159 e. The van der Waals surface area contributed by atoms with Gasteiger partial charge in [0.2, 0.25) is 0 Å². The molecule has 2 nitrogen and oxygen atoms in total. The highest BCUT2D eigenvalue weighted by Gasteiger charge is 2.40. The zero-order valence-corrected chi connectivity index (χ0v) is 13.6. The molecule has 0 N–H and O–H groups in total. The molecule has 106 valence electrons. The summed E-state index contributed by atoms with van der Waals surface area (Å²) in [6, 6.07) is 0. The molecule has 0 spiro atoms. The van der Waals surface area contributed by atoms with Crippen LogP contribution in [0.2, 0.25) is 19.6 Å². The van der Waals surface area contributed by atoms with E-state index in [1.165, 1.54) is 16.7 Å². The molecule has 0 saturated carbocycles. The summed E-state index contributed by atoms with van der Waals surface area (Å²) in [7, 11) is -1.68. The Hall–Kier alpha value is -1.22. The van der Waals surface area contributed by atoms with Gasteiger partial charge in [0.25, 0.3) is 0 Å². The lowest BCUT2D eigenvalue weighted by atomic mass is 9.81. The number of allylic oxidation sites excluding steroid dienone is 6. The third-order valence-corrected chi connectivity index (χ3v) is 6.67. The summed E-state index contributed by atoms with van der Waals surface area (Å²) in [5.74, 6) is 1.03. The Kier molecular flexibility index (Phi) is 3.20. The lowest BCUT2D eigenvalue weighted by Gasteiger charge is -2.26. The van der Waals surface area contributed by atoms with Crippen molar-refractivity contribution in [3.8, 4) is 0 Å². The van der Waals surface area contributed by atoms with Gasteiger partial charge < -0.3 is 0 Å². The number of fused-ring (bicyclic) bond motifs is 3. The van der Waals surface area contributed by atoms with Gasteiger partial charge in [-0.25, -0.2) is 0 Å². The van der Waals surface area contributed by atoms with Gasteiger partial charge in [0.05, 0.1) is 8.07 Å². The van der Waals surface area contributed by atoms with E-state index in [1.54, 1.807) is 0 Å². The van der Waals surface area contributed by atoms with Crippen molar-refractivity contribution in [3.63, 3.8) is 0 Å². The first-order valence-corrected chi connectivity index (χ1v) is 11.1. The standard InChI is InChI=1S/C17H22O2Si/c1-20(2,3)17-15(19)9-12-6-4-5-11-7-8-13(18)10-14(11)16(12)17/h6,10-11H,4-5,7-9H2,1-3H3. The van der Waals surface area contributed by atoms with Gasteiger partial charge in [-0.05, 0) is 53.2 Å². The van der Waals surface area contributed by atoms with Crippen molar-refractivity contribution in [1.82, 2.24) is 0 Å². The molecule has 0 aromatic rings. The second kappa shape index (κ2) is 4.66. The monoisotopic (exact) mass is 286 g/mol. The quantitative estimate of drug-likeness (QED) is 0.688. The number of hydrogen-bond acceptors (Lipinski definition) is 2. The molecule has 3 aliphatic carbocycles. The van der Waals surface area contributed by atoms with Crippen LogP contribution in [-0.2, 0) is 9.59 Å². The van der Waals surface area contributed by atoms with E-state index < -0.39 is 8.07 Å². The Morgan fingerprint density at radius 3 is 2.60 bits per heavy atom. The van der Waals surface area contributed by atoms with Gasteiger partial charge in [0.15, 0.2) is 11.6 Å². The first-order valence-electron chi connectivity index (χ1n) is 7.60. The molecule has 0 aromatic carbocycles. The molecule has 20 heavy (non-hydrogen) atoms. The van der Waals surface area contributed by atoms with Gasteiger partial charge in [-0.2, -0.15) is 0 Å². The fraction of sp³-hybridized carbons (Fsp3) is 0.529. The van der Waals surface area contributed by atoms with E-state index in [0.29, 0.717) is 24.5 Å². The van der Waals surface area contributed by atoms with Crippen LogP contribution in [0.5, 0.6) is 0 Å². The summed E-state index contributed by atoms with van der Waals surface area (Å²) in [6.07, 6.45) is 8.47. The van der Waals surface area contributed by atoms with Crippen molar-refractivity contribution in [1.29, 1.82) is 0 Å². The van der Waals surface area contributed by atoms with Crippen LogP contribution in [0.4, 0.5) is 0 Å². The second-order valence-corrected chi connectivity index (χ2v) is 12.2. The summed E-state index contributed by atoms with van der Waals surface area (Å²) in [4.78, 5) is 24.3. The Morgan fingerprint density at radius 1 is 1.15 bits per heavy atom. The van der Waals surface area contributed by atoms with Gasteiger partial charge in [-0.1, -0.05) is 25.7 Å². The third kappa shape index (κ3) is 2.18. The van der Waals surface area contributed by atoms with Crippen molar-refractivity contribution in [3.05, 3.63) is 34.1 Å². The lowest BCUT2D eigenvalue weighted by molar-refractivity contribution is -0.115. The fourth-order valence-electron chi connectivity index (χ4n) is 3.82. The molecule has 3 rings (SSSR count). The first kappa shape index (κ1) is 13.7. The topological polar surface area (TPSA) is 34.1 Å². The first-order chi connectivity index (χ1) is 9.38. The van der Waals surface area contributed by atoms with Crippen molar-refractivity contribution >= 4 is 19.6 Å². The molecule has 1 atom stereocenters. The fourth-order valence-corrected chi connectivity index (χ4v) is 5.80. The molecule has 0 bridgehead atoms. The summed E-state index contributed by atoms with van der Waals surface area (Å²) in [6.45, 7) is 6.71. The highest BCUT2D eigenvalue weighted by Crippen LogP contribution is 2.46. The minimum absolute atomic E-state index is 0.235. The average molecular weight is 286 g/mol. The van der Waals surface area contributed by atoms with Crippen molar-refractivity contribution in [2.75, 3.05) is 0 Å². The molecule has 0 aliphatic heterocycles. The molecule has 1 unspecified atom stereocenters. The van der Waals surface area contributed by atoms with Crippen LogP contribution in [0.1, 0.15) is 32.1 Å². The van der Waals surface area contributed by atoms with E-state index in [4.69, 9.17) is 0 Å². The molecule has 3 heteroatoms. The lowest BCUT2D eigenvalue weighted by Crippen LogP contribution is -2.29. The van der Waals surface area contributed by atoms with Crippen molar-refractivity contribution < 1.29 is 9.59 Å². The highest BCUT2D eigenvalue weighted by molar-refractivity contribution is 6.87. The zero-order chi connectivity index (χ0) is 14.5. The van der Waals surface area contributed by atoms with E-state index in [-0.39, 0.29) is 5.78 Å². The number of ketones is 2. The molecule has 0 heterocycles. The van der Waals surface area contributed by atoms with Gasteiger partial charge in [0, 0.05) is 12.8 Å². The van der Waals surface area contributed by atoms with E-state index in [2.05, 4.69) is 25.7 Å². The minimum atomic E-state index is -1.68. The van der Waals surface area contributed by atoms with E-state index >= 15 is 0 Å². The van der Waals surface area contributed by atoms with Crippen LogP contribution < -0.4 is 0 Å². The maximum atomic E-state index is 12.5. The summed E-state index contributed by atoms with van der Waals surface area (Å²) >= 11 is 0. The molecule has 0 saturated heterocycles. The molecular formula is C17H22O2Si. The van der Waals surface area contributed by atoms with E-state index in [1.807, 2.05) is 6.08 Å². The van der Waals surface area contributed by atoms with Gasteiger partial charge in [0.1, 0.15) is 0 Å². The zero-order valence-electron chi connectivity index (χ0n) is 12.6. The number of carbonyl (C=O) groups is 2. The predicted octanol–water partition coefficient (Wildman–Crippen LogP) is 3.76. The summed E-state index contributed by atoms with van der Waals surface area (Å²) < 4.78 is 0. The van der Waals surface area contributed by atoms with Crippen LogP contribution in [0, 0.1) is 5.92 Å². The molecule has 3 aliphatic rings. The minimum Gasteiger partial charge on any atom is -0.295 e. The van der Waals surface area contributed by atoms with E-state index in [9.17, 15) is 9.59 Å². The molecule has 0 amide bonds. The number of Topliss-reactive ketones (excluding diaryl/α,β-unsaturated/α-hetero) is 1. The average Bonchev–Trinajstić information content (AvgIpc) is 2.58. The van der Waals surface area contributed by atoms with Crippen LogP contribution in [0.3, 0.4) is 0 Å². The normalized spacial score (nSPS) is 26.9. The maximum Gasteiger partial charge on any atom is 0.159 e. The van der Waals surface area contributed by atoms with Crippen LogP contribution in [-0.4, -0.2) is 19.6 Å². The van der Waals surface area contributed by atoms with Gasteiger partial charge >= 0.3 is 0 Å². The Morgan fingerprint density at radius 2 is 1.90 bits per heavy atom. The predicted molar refractivity (Wildman–Crippen MR) is 83.1 cm³/mol. The number of carbonyl (C=O) groups excluding carboxylic acids is 2. The van der Waals surface area contributed by atoms with Crippen LogP contribution in [0.25, 0.3) is 0 Å². The summed E-state index contributed by atoms with van der Waals surface area (Å²) in [5, 5.41) is 1.08. The SMILES string of the molecule is C[Si](C)(C)C1=C2C(=CCCC3CCC(=O)C=C23)CC1=O. The number of rotatable bonds is 1. The van der Waals surface area contributed by atoms with Crippen LogP contribution >= 0.6 is 0 Å². The highest BCUT2D eigenvalue weighted by atomic mass is 28.3. The van der Waals surface area contributed by atoms with Crippen molar-refractivity contribution in [2.24, 2.45) is 5.92 Å². The third-order valence-electron chi connectivity index (χ3n) is 4.64. The van der Waals surface area contributed by atoms with Gasteiger partial charge in [-0.15, -0.1) is 0 Å². The molecule has 0 fully saturated rings. The Labute approximate surface area is 121 Å². The molecule has 0 aromatic heterocycles. The Balaban J connectivity index is 2.23.